The van der Waals surface area contributed by atoms with Crippen LogP contribution in [-0.4, -0.2) is 35.9 Å². The molecule has 0 radical (unpaired) electrons. The van der Waals surface area contributed by atoms with Crippen LogP contribution in [0.1, 0.15) is 27.5 Å². The van der Waals surface area contributed by atoms with E-state index in [1.165, 1.54) is 24.3 Å². The first-order valence-corrected chi connectivity index (χ1v) is 10.7. The van der Waals surface area contributed by atoms with Crippen LogP contribution in [-0.2, 0) is 4.79 Å². The van der Waals surface area contributed by atoms with Crippen LogP contribution in [0.15, 0.2) is 66.7 Å². The quantitative estimate of drug-likeness (QED) is 0.532. The predicted octanol–water partition coefficient (Wildman–Crippen LogP) is 4.16. The lowest BCUT2D eigenvalue weighted by Crippen LogP contribution is -2.42. The molecule has 4 rings (SSSR count). The summed E-state index contributed by atoms with van der Waals surface area (Å²) >= 11 is 12.3. The van der Waals surface area contributed by atoms with E-state index in [0.717, 1.165) is 5.56 Å². The van der Waals surface area contributed by atoms with Gasteiger partial charge in [0, 0.05) is 16.1 Å². The van der Waals surface area contributed by atoms with Gasteiger partial charge in [-0.15, -0.1) is 10.1 Å². The minimum Gasteiger partial charge on any atom is -0.497 e. The Morgan fingerprint density at radius 1 is 1.09 bits per heavy atom. The van der Waals surface area contributed by atoms with Gasteiger partial charge in [0.2, 0.25) is 12.3 Å². The van der Waals surface area contributed by atoms with E-state index in [-0.39, 0.29) is 5.56 Å². The molecule has 0 saturated carbocycles. The van der Waals surface area contributed by atoms with Crippen LogP contribution in [0.4, 0.5) is 4.39 Å². The molecule has 1 fully saturated rings. The van der Waals surface area contributed by atoms with E-state index in [2.05, 4.69) is 10.7 Å². The molecule has 1 aliphatic heterocycles. The largest absolute Gasteiger partial charge is 0.497 e. The first-order valence-electron chi connectivity index (χ1n) is 9.95. The van der Waals surface area contributed by atoms with Crippen LogP contribution < -0.4 is 15.5 Å². The van der Waals surface area contributed by atoms with Crippen molar-refractivity contribution in [3.63, 3.8) is 0 Å². The summed E-state index contributed by atoms with van der Waals surface area (Å²) in [7, 11) is 1.56. The molecule has 1 aliphatic rings. The van der Waals surface area contributed by atoms with Gasteiger partial charge in [0.05, 0.1) is 17.7 Å². The Kier molecular flexibility index (Phi) is 6.62. The van der Waals surface area contributed by atoms with E-state index >= 15 is 0 Å². The number of hydrogen-bond acceptors (Lipinski definition) is 3. The maximum Gasteiger partial charge on any atom is 0.304 e. The maximum atomic E-state index is 13.2. The first kappa shape index (κ1) is 22.8. The molecule has 0 aliphatic carbocycles. The number of hydrogen-bond donors (Lipinski definition) is 2. The van der Waals surface area contributed by atoms with Crippen molar-refractivity contribution in [2.75, 3.05) is 7.11 Å². The van der Waals surface area contributed by atoms with Crippen molar-refractivity contribution < 1.29 is 23.4 Å². The highest BCUT2D eigenvalue weighted by molar-refractivity contribution is 6.36. The van der Waals surface area contributed by atoms with Crippen molar-refractivity contribution in [2.45, 2.75) is 12.1 Å². The van der Waals surface area contributed by atoms with E-state index in [9.17, 15) is 14.0 Å². The van der Waals surface area contributed by atoms with Crippen molar-refractivity contribution in [3.8, 4) is 5.75 Å². The molecule has 0 unspecified atom stereocenters. The van der Waals surface area contributed by atoms with Gasteiger partial charge >= 0.3 is 5.91 Å². The molecule has 9 heteroatoms. The summed E-state index contributed by atoms with van der Waals surface area (Å²) in [5.41, 5.74) is 4.40. The number of benzene rings is 3. The number of amides is 2. The lowest BCUT2D eigenvalue weighted by molar-refractivity contribution is -0.596. The molecular formula is C24H19Cl2FN3O3+. The lowest BCUT2D eigenvalue weighted by atomic mass is 9.99. The molecule has 33 heavy (non-hydrogen) atoms. The van der Waals surface area contributed by atoms with Gasteiger partial charge in [-0.25, -0.2) is 4.39 Å². The summed E-state index contributed by atoms with van der Waals surface area (Å²) in [4.78, 5) is 25.7. The number of hydrazone groups is 1. The fourth-order valence-electron chi connectivity index (χ4n) is 3.56. The highest BCUT2D eigenvalue weighted by Gasteiger charge is 2.47. The molecule has 2 atom stereocenters. The molecule has 0 aromatic heterocycles. The van der Waals surface area contributed by atoms with Gasteiger partial charge < -0.3 is 10.1 Å². The number of rotatable bonds is 5. The zero-order chi connectivity index (χ0) is 23.5. The first-order chi connectivity index (χ1) is 15.9. The summed E-state index contributed by atoms with van der Waals surface area (Å²) in [5.74, 6) is -0.714. The van der Waals surface area contributed by atoms with Gasteiger partial charge in [0.25, 0.3) is 5.91 Å². The molecule has 2 amide bonds. The summed E-state index contributed by atoms with van der Waals surface area (Å²) < 4.78 is 20.1. The summed E-state index contributed by atoms with van der Waals surface area (Å²) in [5, 5.41) is 3.65. The molecule has 1 heterocycles. The van der Waals surface area contributed by atoms with Gasteiger partial charge in [-0.3, -0.25) is 9.59 Å². The molecule has 3 aromatic carbocycles. The van der Waals surface area contributed by atoms with Gasteiger partial charge in [0.15, 0.2) is 6.04 Å². The van der Waals surface area contributed by atoms with Gasteiger partial charge in [-0.05, 0) is 66.7 Å². The van der Waals surface area contributed by atoms with E-state index < -0.39 is 29.7 Å². The normalized spacial score (nSPS) is 18.8. The zero-order valence-electron chi connectivity index (χ0n) is 17.4. The maximum absolute atomic E-state index is 13.2. The van der Waals surface area contributed by atoms with E-state index in [4.69, 9.17) is 27.9 Å². The SMILES string of the molecule is COc1ccc([C@H]2[C@H](NC(=O)c3ccc(F)cc3)C(=O)N/[N+]2=C\c2ccc(Cl)cc2Cl)cc1. The second kappa shape index (κ2) is 9.60. The van der Waals surface area contributed by atoms with Crippen LogP contribution in [0.5, 0.6) is 5.75 Å². The molecular weight excluding hydrogens is 468 g/mol. The Morgan fingerprint density at radius 3 is 2.42 bits per heavy atom. The van der Waals surface area contributed by atoms with Crippen LogP contribution in [0.25, 0.3) is 0 Å². The Morgan fingerprint density at radius 2 is 1.79 bits per heavy atom. The van der Waals surface area contributed by atoms with Gasteiger partial charge in [-0.1, -0.05) is 23.2 Å². The Labute approximate surface area is 199 Å². The number of hydrazine groups is 1. The van der Waals surface area contributed by atoms with Crippen molar-refractivity contribution in [1.82, 2.24) is 10.7 Å². The van der Waals surface area contributed by atoms with E-state index in [0.29, 0.717) is 21.4 Å². The van der Waals surface area contributed by atoms with Crippen molar-refractivity contribution in [1.29, 1.82) is 0 Å². The number of ether oxygens (including phenoxy) is 1. The fraction of sp³-hybridized carbons (Fsp3) is 0.125. The molecule has 0 bridgehead atoms. The fourth-order valence-corrected chi connectivity index (χ4v) is 4.02. The Bertz CT molecular complexity index is 1230. The molecule has 168 valence electrons. The topological polar surface area (TPSA) is 70.4 Å². The summed E-state index contributed by atoms with van der Waals surface area (Å²) in [6, 6.07) is 15.7. The van der Waals surface area contributed by atoms with Crippen LogP contribution in [0.3, 0.4) is 0 Å². The number of carbonyl (C=O) groups is 2. The smallest absolute Gasteiger partial charge is 0.304 e. The second-order valence-electron chi connectivity index (χ2n) is 7.35. The van der Waals surface area contributed by atoms with E-state index in [1.54, 1.807) is 48.3 Å². The standard InChI is InChI=1S/C24H18Cl2FN3O3/c1-33-19-10-5-14(6-11-19)22-21(28-23(31)15-3-8-18(27)9-4-15)24(32)29-30(22)13-16-2-7-17(25)12-20(16)26/h2-13,21-22H,1H3,(H-,28,29,31,32)/p+1/b30-13-/t21-,22-/m0/s1. The average molecular weight is 487 g/mol. The third-order valence-electron chi connectivity index (χ3n) is 5.23. The number of halogens is 3. The molecule has 1 saturated heterocycles. The monoisotopic (exact) mass is 486 g/mol. The molecule has 3 aromatic rings. The molecule has 0 spiro atoms. The predicted molar refractivity (Wildman–Crippen MR) is 123 cm³/mol. The number of nitrogens with one attached hydrogen (secondary N) is 2. The lowest BCUT2D eigenvalue weighted by Gasteiger charge is -2.15. The van der Waals surface area contributed by atoms with E-state index in [1.807, 2.05) is 12.1 Å². The van der Waals surface area contributed by atoms with Crippen LogP contribution >= 0.6 is 23.2 Å². The Balaban J connectivity index is 1.72. The van der Waals surface area contributed by atoms with Crippen molar-refractivity contribution >= 4 is 41.2 Å². The zero-order valence-corrected chi connectivity index (χ0v) is 18.9. The number of carbonyl (C=O) groups excluding carboxylic acids is 2. The van der Waals surface area contributed by atoms with Gasteiger partial charge in [0.1, 0.15) is 11.6 Å². The van der Waals surface area contributed by atoms with Crippen LogP contribution in [0.2, 0.25) is 10.0 Å². The third-order valence-corrected chi connectivity index (χ3v) is 5.79. The Hall–Kier alpha value is -3.42. The second-order valence-corrected chi connectivity index (χ2v) is 8.20. The highest BCUT2D eigenvalue weighted by Crippen LogP contribution is 2.28. The van der Waals surface area contributed by atoms with Crippen LogP contribution in [0, 0.1) is 5.82 Å². The van der Waals surface area contributed by atoms with Gasteiger partial charge in [-0.2, -0.15) is 0 Å². The molecule has 6 nitrogen and oxygen atoms in total. The third kappa shape index (κ3) is 4.99. The summed E-state index contributed by atoms with van der Waals surface area (Å²) in [6.45, 7) is 0. The minimum atomic E-state index is -0.932. The number of nitrogens with zero attached hydrogens (tertiary/aromatic N) is 1. The summed E-state index contributed by atoms with van der Waals surface area (Å²) in [6.07, 6.45) is 1.68. The minimum absolute atomic E-state index is 0.237. The van der Waals surface area contributed by atoms with Crippen molar-refractivity contribution in [3.05, 3.63) is 99.3 Å². The highest BCUT2D eigenvalue weighted by atomic mass is 35.5. The average Bonchev–Trinajstić information content (AvgIpc) is 3.10. The number of methoxy groups -OCH3 is 1. The van der Waals surface area contributed by atoms with Crippen molar-refractivity contribution in [2.24, 2.45) is 0 Å². The molecule has 2 N–H and O–H groups in total.